The van der Waals surface area contributed by atoms with Crippen LogP contribution >= 0.6 is 0 Å². The number of hydrogen-bond acceptors (Lipinski definition) is 4. The van der Waals surface area contributed by atoms with E-state index in [0.717, 1.165) is 16.7 Å². The molecule has 0 amide bonds. The van der Waals surface area contributed by atoms with Crippen molar-refractivity contribution in [3.63, 3.8) is 0 Å². The largest absolute Gasteiger partial charge is 0.394 e. The molecular formula is C13H18O4. The molecule has 0 bridgehead atoms. The van der Waals surface area contributed by atoms with Crippen LogP contribution in [-0.2, 0) is 4.74 Å². The van der Waals surface area contributed by atoms with E-state index in [1.807, 2.05) is 32.0 Å². The minimum atomic E-state index is -1.04. The van der Waals surface area contributed by atoms with Gasteiger partial charge in [0.2, 0.25) is 0 Å². The first-order chi connectivity index (χ1) is 8.06. The van der Waals surface area contributed by atoms with Gasteiger partial charge in [-0.2, -0.15) is 0 Å². The molecule has 94 valence electrons. The van der Waals surface area contributed by atoms with Crippen molar-refractivity contribution in [1.82, 2.24) is 0 Å². The second-order valence-electron chi connectivity index (χ2n) is 4.55. The monoisotopic (exact) mass is 238 g/mol. The Morgan fingerprint density at radius 2 is 1.88 bits per heavy atom. The predicted octanol–water partition coefficient (Wildman–Crippen LogP) is 0.457. The van der Waals surface area contributed by atoms with Gasteiger partial charge >= 0.3 is 0 Å². The maximum atomic E-state index is 9.94. The Morgan fingerprint density at radius 3 is 2.47 bits per heavy atom. The normalized spacial score (nSPS) is 33.0. The smallest absolute Gasteiger partial charge is 0.113 e. The molecule has 0 radical (unpaired) electrons. The molecular weight excluding hydrogens is 220 g/mol. The van der Waals surface area contributed by atoms with Crippen LogP contribution < -0.4 is 0 Å². The first-order valence-electron chi connectivity index (χ1n) is 5.74. The Labute approximate surface area is 100 Å². The molecule has 1 unspecified atom stereocenters. The Bertz CT molecular complexity index is 404. The van der Waals surface area contributed by atoms with Gasteiger partial charge in [0.05, 0.1) is 6.61 Å². The summed E-state index contributed by atoms with van der Waals surface area (Å²) in [6.07, 6.45) is -3.31. The zero-order chi connectivity index (χ0) is 12.6. The Morgan fingerprint density at radius 1 is 1.18 bits per heavy atom. The maximum Gasteiger partial charge on any atom is 0.113 e. The van der Waals surface area contributed by atoms with Gasteiger partial charge in [-0.25, -0.2) is 0 Å². The summed E-state index contributed by atoms with van der Waals surface area (Å²) >= 11 is 0. The van der Waals surface area contributed by atoms with Crippen LogP contribution in [0.3, 0.4) is 0 Å². The summed E-state index contributed by atoms with van der Waals surface area (Å²) in [5.74, 6) is 0. The SMILES string of the molecule is Cc1cccc(C2O[C@H](CO)[C@@H](O)[C@@H]2O)c1C. The summed E-state index contributed by atoms with van der Waals surface area (Å²) in [7, 11) is 0. The summed E-state index contributed by atoms with van der Waals surface area (Å²) in [5, 5.41) is 28.7. The molecule has 0 spiro atoms. The van der Waals surface area contributed by atoms with Crippen LogP contribution in [0.1, 0.15) is 22.8 Å². The average Bonchev–Trinajstić information content (AvgIpc) is 2.60. The average molecular weight is 238 g/mol. The van der Waals surface area contributed by atoms with Gasteiger partial charge in [-0.05, 0) is 30.5 Å². The van der Waals surface area contributed by atoms with Crippen LogP contribution in [0.4, 0.5) is 0 Å². The van der Waals surface area contributed by atoms with Crippen LogP contribution in [0.15, 0.2) is 18.2 Å². The fourth-order valence-electron chi connectivity index (χ4n) is 2.24. The second kappa shape index (κ2) is 4.74. The Balaban J connectivity index is 2.32. The molecule has 1 aliphatic heterocycles. The van der Waals surface area contributed by atoms with Crippen molar-refractivity contribution in [3.8, 4) is 0 Å². The lowest BCUT2D eigenvalue weighted by Crippen LogP contribution is -2.32. The summed E-state index contributed by atoms with van der Waals surface area (Å²) in [6, 6.07) is 5.76. The lowest BCUT2D eigenvalue weighted by Gasteiger charge is -2.18. The lowest BCUT2D eigenvalue weighted by molar-refractivity contribution is -0.0229. The van der Waals surface area contributed by atoms with E-state index in [2.05, 4.69) is 0 Å². The molecule has 1 aromatic carbocycles. The standard InChI is InChI=1S/C13H18O4/c1-7-4-3-5-9(8(7)2)13-12(16)11(15)10(6-14)17-13/h3-5,10-16H,6H2,1-2H3/t10-,11-,12+,13?/m1/s1. The fraction of sp³-hybridized carbons (Fsp3) is 0.538. The number of ether oxygens (including phenoxy) is 1. The topological polar surface area (TPSA) is 69.9 Å². The van der Waals surface area contributed by atoms with Gasteiger partial charge in [-0.15, -0.1) is 0 Å². The van der Waals surface area contributed by atoms with Crippen molar-refractivity contribution in [2.75, 3.05) is 6.61 Å². The molecule has 0 saturated carbocycles. The molecule has 3 N–H and O–H groups in total. The highest BCUT2D eigenvalue weighted by Gasteiger charge is 2.43. The highest BCUT2D eigenvalue weighted by Crippen LogP contribution is 2.35. The fourth-order valence-corrected chi connectivity index (χ4v) is 2.24. The minimum Gasteiger partial charge on any atom is -0.394 e. The van der Waals surface area contributed by atoms with Crippen molar-refractivity contribution < 1.29 is 20.1 Å². The molecule has 4 heteroatoms. The number of benzene rings is 1. The molecule has 1 aliphatic rings. The van der Waals surface area contributed by atoms with E-state index in [4.69, 9.17) is 9.84 Å². The molecule has 1 aromatic rings. The van der Waals surface area contributed by atoms with Gasteiger partial charge in [0, 0.05) is 0 Å². The minimum absolute atomic E-state index is 0.292. The maximum absolute atomic E-state index is 9.94. The third kappa shape index (κ3) is 2.09. The molecule has 2 rings (SSSR count). The van der Waals surface area contributed by atoms with Crippen LogP contribution in [0, 0.1) is 13.8 Å². The zero-order valence-corrected chi connectivity index (χ0v) is 10.00. The molecule has 4 nitrogen and oxygen atoms in total. The van der Waals surface area contributed by atoms with E-state index in [9.17, 15) is 10.2 Å². The summed E-state index contributed by atoms with van der Waals surface area (Å²) in [5.41, 5.74) is 3.02. The second-order valence-corrected chi connectivity index (χ2v) is 4.55. The van der Waals surface area contributed by atoms with E-state index >= 15 is 0 Å². The molecule has 4 atom stereocenters. The van der Waals surface area contributed by atoms with Crippen molar-refractivity contribution >= 4 is 0 Å². The van der Waals surface area contributed by atoms with Crippen LogP contribution in [0.25, 0.3) is 0 Å². The van der Waals surface area contributed by atoms with Gasteiger partial charge in [0.15, 0.2) is 0 Å². The van der Waals surface area contributed by atoms with E-state index < -0.39 is 24.4 Å². The van der Waals surface area contributed by atoms with E-state index in [0.29, 0.717) is 0 Å². The van der Waals surface area contributed by atoms with Crippen molar-refractivity contribution in [1.29, 1.82) is 0 Å². The highest BCUT2D eigenvalue weighted by atomic mass is 16.6. The Hall–Kier alpha value is -0.940. The van der Waals surface area contributed by atoms with Gasteiger partial charge < -0.3 is 20.1 Å². The number of rotatable bonds is 2. The van der Waals surface area contributed by atoms with Crippen LogP contribution in [-0.4, -0.2) is 40.2 Å². The van der Waals surface area contributed by atoms with Gasteiger partial charge in [0.1, 0.15) is 24.4 Å². The van der Waals surface area contributed by atoms with Crippen molar-refractivity contribution in [2.24, 2.45) is 0 Å². The predicted molar refractivity (Wildman–Crippen MR) is 62.6 cm³/mol. The van der Waals surface area contributed by atoms with E-state index in [1.165, 1.54) is 0 Å². The summed E-state index contributed by atoms with van der Waals surface area (Å²) in [4.78, 5) is 0. The molecule has 1 heterocycles. The molecule has 0 aromatic heterocycles. The zero-order valence-electron chi connectivity index (χ0n) is 10.00. The van der Waals surface area contributed by atoms with E-state index in [1.54, 1.807) is 0 Å². The van der Waals surface area contributed by atoms with Crippen molar-refractivity contribution in [3.05, 3.63) is 34.9 Å². The van der Waals surface area contributed by atoms with Gasteiger partial charge in [-0.3, -0.25) is 0 Å². The first kappa shape index (κ1) is 12.5. The highest BCUT2D eigenvalue weighted by molar-refractivity contribution is 5.36. The number of aliphatic hydroxyl groups is 3. The van der Waals surface area contributed by atoms with Gasteiger partial charge in [-0.1, -0.05) is 18.2 Å². The van der Waals surface area contributed by atoms with Crippen LogP contribution in [0.2, 0.25) is 0 Å². The van der Waals surface area contributed by atoms with Gasteiger partial charge in [0.25, 0.3) is 0 Å². The summed E-state index contributed by atoms with van der Waals surface area (Å²) < 4.78 is 5.51. The Kier molecular flexibility index (Phi) is 3.49. The lowest BCUT2D eigenvalue weighted by atomic mass is 9.95. The van der Waals surface area contributed by atoms with Crippen LogP contribution in [0.5, 0.6) is 0 Å². The molecule has 0 aliphatic carbocycles. The third-order valence-electron chi connectivity index (χ3n) is 3.50. The number of aryl methyl sites for hydroxylation is 1. The first-order valence-corrected chi connectivity index (χ1v) is 5.74. The van der Waals surface area contributed by atoms with Crippen molar-refractivity contribution in [2.45, 2.75) is 38.3 Å². The number of hydrogen-bond donors (Lipinski definition) is 3. The molecule has 17 heavy (non-hydrogen) atoms. The molecule has 1 saturated heterocycles. The summed E-state index contributed by atoms with van der Waals surface area (Å²) in [6.45, 7) is 3.65. The molecule has 1 fully saturated rings. The number of aliphatic hydroxyl groups excluding tert-OH is 3. The quantitative estimate of drug-likeness (QED) is 0.700. The third-order valence-corrected chi connectivity index (χ3v) is 3.50. The van der Waals surface area contributed by atoms with E-state index in [-0.39, 0.29) is 6.61 Å².